The van der Waals surface area contributed by atoms with Gasteiger partial charge in [0.05, 0.1) is 24.3 Å². The number of carboxylic acids is 1. The molecule has 0 aromatic heterocycles. The van der Waals surface area contributed by atoms with Crippen LogP contribution in [0.25, 0.3) is 0 Å². The Morgan fingerprint density at radius 3 is 2.78 bits per heavy atom. The van der Waals surface area contributed by atoms with Crippen molar-refractivity contribution in [3.8, 4) is 5.75 Å². The van der Waals surface area contributed by atoms with Gasteiger partial charge in [-0.1, -0.05) is 6.07 Å². The molecule has 1 fully saturated rings. The molecule has 2 aromatic rings. The fraction of sp³-hybridized carbons (Fsp3) is 0.300. The van der Waals surface area contributed by atoms with E-state index < -0.39 is 23.9 Å². The maximum atomic E-state index is 14.0. The number of aliphatic carboxylic acids is 1. The fourth-order valence-corrected chi connectivity index (χ4v) is 4.01. The van der Waals surface area contributed by atoms with Crippen LogP contribution in [0.15, 0.2) is 42.5 Å². The van der Waals surface area contributed by atoms with Crippen LogP contribution in [-0.4, -0.2) is 41.7 Å². The first-order valence-corrected chi connectivity index (χ1v) is 8.78. The van der Waals surface area contributed by atoms with Crippen LogP contribution in [0, 0.1) is 11.7 Å². The number of rotatable bonds is 3. The van der Waals surface area contributed by atoms with Gasteiger partial charge in [0.1, 0.15) is 17.7 Å². The van der Waals surface area contributed by atoms with Crippen molar-refractivity contribution >= 4 is 23.3 Å². The molecule has 2 heterocycles. The highest BCUT2D eigenvalue weighted by Crippen LogP contribution is 2.43. The quantitative estimate of drug-likeness (QED) is 0.898. The van der Waals surface area contributed by atoms with E-state index in [-0.39, 0.29) is 5.91 Å². The molecule has 1 N–H and O–H groups in total. The molecule has 140 valence electrons. The minimum absolute atomic E-state index is 0.212. The first-order valence-electron chi connectivity index (χ1n) is 8.78. The van der Waals surface area contributed by atoms with E-state index in [0.717, 1.165) is 0 Å². The molecule has 1 saturated heterocycles. The monoisotopic (exact) mass is 370 g/mol. The van der Waals surface area contributed by atoms with Gasteiger partial charge >= 0.3 is 5.97 Å². The fourth-order valence-electron chi connectivity index (χ4n) is 4.01. The first-order chi connectivity index (χ1) is 13.0. The normalized spacial score (nSPS) is 21.5. The molecule has 2 atom stereocenters. The molecule has 2 aliphatic heterocycles. The summed E-state index contributed by atoms with van der Waals surface area (Å²) in [6, 6.07) is 11.0. The van der Waals surface area contributed by atoms with Crippen molar-refractivity contribution in [2.75, 3.05) is 18.6 Å². The Balaban J connectivity index is 1.96. The average Bonchev–Trinajstić information content (AvgIpc) is 2.67. The van der Waals surface area contributed by atoms with Gasteiger partial charge in [0, 0.05) is 18.3 Å². The number of fused-ring (bicyclic) bond motifs is 2. The summed E-state index contributed by atoms with van der Waals surface area (Å²) >= 11 is 0. The van der Waals surface area contributed by atoms with Crippen molar-refractivity contribution in [2.45, 2.75) is 19.0 Å². The molecular formula is C20H19FN2O4. The Labute approximate surface area is 155 Å². The minimum atomic E-state index is -0.967. The van der Waals surface area contributed by atoms with Gasteiger partial charge in [-0.15, -0.1) is 0 Å². The molecule has 0 saturated carbocycles. The van der Waals surface area contributed by atoms with Crippen molar-refractivity contribution < 1.29 is 23.8 Å². The van der Waals surface area contributed by atoms with E-state index in [2.05, 4.69) is 0 Å². The molecule has 2 unspecified atom stereocenters. The Hall–Kier alpha value is -3.09. The molecule has 6 nitrogen and oxygen atoms in total. The van der Waals surface area contributed by atoms with E-state index in [1.165, 1.54) is 19.2 Å². The topological polar surface area (TPSA) is 70.1 Å². The minimum Gasteiger partial charge on any atom is -0.497 e. The van der Waals surface area contributed by atoms with Gasteiger partial charge in [-0.05, 0) is 43.2 Å². The standard InChI is InChI=1S/C20H19FN2O4/c1-27-14-7-8-15-17(11-14)23(13-5-2-4-12(21)10-13)18-16(20(25)26)6-3-9-22(18)19(15)24/h2,4-5,7-8,10-11,16,18H,3,6,9H2,1H3,(H,25,26). The maximum absolute atomic E-state index is 14.0. The third-order valence-electron chi connectivity index (χ3n) is 5.22. The van der Waals surface area contributed by atoms with E-state index in [1.807, 2.05) is 0 Å². The van der Waals surface area contributed by atoms with Gasteiger partial charge in [0.25, 0.3) is 5.91 Å². The number of halogens is 1. The van der Waals surface area contributed by atoms with E-state index in [9.17, 15) is 19.1 Å². The van der Waals surface area contributed by atoms with E-state index >= 15 is 0 Å². The van der Waals surface area contributed by atoms with Gasteiger partial charge in [-0.25, -0.2) is 4.39 Å². The van der Waals surface area contributed by atoms with Crippen molar-refractivity contribution in [1.29, 1.82) is 0 Å². The zero-order valence-corrected chi connectivity index (χ0v) is 14.8. The number of ether oxygens (including phenoxy) is 1. The summed E-state index contributed by atoms with van der Waals surface area (Å²) < 4.78 is 19.2. The zero-order valence-electron chi connectivity index (χ0n) is 14.8. The number of carboxylic acid groups (broad SMARTS) is 1. The lowest BCUT2D eigenvalue weighted by atomic mass is 9.89. The van der Waals surface area contributed by atoms with E-state index in [4.69, 9.17) is 4.74 Å². The number of hydrogen-bond donors (Lipinski definition) is 1. The first kappa shape index (κ1) is 17.3. The molecule has 4 rings (SSSR count). The van der Waals surface area contributed by atoms with E-state index in [1.54, 1.807) is 40.1 Å². The molecule has 0 aliphatic carbocycles. The lowest BCUT2D eigenvalue weighted by Crippen LogP contribution is -2.60. The third kappa shape index (κ3) is 2.79. The number of amides is 1. The predicted molar refractivity (Wildman–Crippen MR) is 96.7 cm³/mol. The van der Waals surface area contributed by atoms with Gasteiger partial charge in [0.15, 0.2) is 0 Å². The highest BCUT2D eigenvalue weighted by atomic mass is 19.1. The molecular weight excluding hydrogens is 351 g/mol. The van der Waals surface area contributed by atoms with Crippen molar-refractivity contribution in [3.63, 3.8) is 0 Å². The number of benzene rings is 2. The maximum Gasteiger partial charge on any atom is 0.310 e. The van der Waals surface area contributed by atoms with Crippen LogP contribution in [0.5, 0.6) is 5.75 Å². The summed E-state index contributed by atoms with van der Waals surface area (Å²) in [5.74, 6) is -1.84. The highest BCUT2D eigenvalue weighted by Gasteiger charge is 2.47. The smallest absolute Gasteiger partial charge is 0.310 e. The lowest BCUT2D eigenvalue weighted by Gasteiger charge is -2.50. The largest absolute Gasteiger partial charge is 0.497 e. The van der Waals surface area contributed by atoms with Crippen molar-refractivity contribution in [2.24, 2.45) is 5.92 Å². The van der Waals surface area contributed by atoms with Crippen molar-refractivity contribution in [3.05, 3.63) is 53.8 Å². The SMILES string of the molecule is COc1ccc2c(c1)N(c1cccc(F)c1)C1C(C(=O)O)CCCN1C2=O. The number of hydrogen-bond acceptors (Lipinski definition) is 4. The average molecular weight is 370 g/mol. The molecule has 1 amide bonds. The summed E-state index contributed by atoms with van der Waals surface area (Å²) in [4.78, 5) is 28.3. The molecule has 2 aromatic carbocycles. The number of carbonyl (C=O) groups is 2. The lowest BCUT2D eigenvalue weighted by molar-refractivity contribution is -0.145. The molecule has 2 aliphatic rings. The van der Waals surface area contributed by atoms with Crippen LogP contribution in [-0.2, 0) is 4.79 Å². The number of nitrogens with zero attached hydrogens (tertiary/aromatic N) is 2. The predicted octanol–water partition coefficient (Wildman–Crippen LogP) is 3.25. The Morgan fingerprint density at radius 2 is 2.07 bits per heavy atom. The molecule has 7 heteroatoms. The summed E-state index contributed by atoms with van der Waals surface area (Å²) in [6.45, 7) is 0.463. The van der Waals surface area contributed by atoms with Crippen LogP contribution < -0.4 is 9.64 Å². The van der Waals surface area contributed by atoms with E-state index in [0.29, 0.717) is 42.1 Å². The second-order valence-electron chi connectivity index (χ2n) is 6.73. The van der Waals surface area contributed by atoms with Crippen LogP contribution in [0.1, 0.15) is 23.2 Å². The van der Waals surface area contributed by atoms with Crippen LogP contribution in [0.4, 0.5) is 15.8 Å². The van der Waals surface area contributed by atoms with Crippen molar-refractivity contribution in [1.82, 2.24) is 4.90 Å². The second-order valence-corrected chi connectivity index (χ2v) is 6.73. The summed E-state index contributed by atoms with van der Waals surface area (Å²) in [6.07, 6.45) is 0.349. The number of methoxy groups -OCH3 is 1. The molecule has 27 heavy (non-hydrogen) atoms. The Bertz CT molecular complexity index is 917. The second kappa shape index (κ2) is 6.57. The summed E-state index contributed by atoms with van der Waals surface area (Å²) in [7, 11) is 1.52. The Kier molecular flexibility index (Phi) is 4.22. The Morgan fingerprint density at radius 1 is 1.26 bits per heavy atom. The molecule has 0 spiro atoms. The van der Waals surface area contributed by atoms with Gasteiger partial charge in [0.2, 0.25) is 0 Å². The summed E-state index contributed by atoms with van der Waals surface area (Å²) in [5.41, 5.74) is 1.47. The number of piperidine rings is 1. The number of carbonyl (C=O) groups excluding carboxylic acids is 1. The highest BCUT2D eigenvalue weighted by molar-refractivity contribution is 6.04. The van der Waals surface area contributed by atoms with Crippen LogP contribution in [0.2, 0.25) is 0 Å². The third-order valence-corrected chi connectivity index (χ3v) is 5.22. The van der Waals surface area contributed by atoms with Gasteiger partial charge in [-0.2, -0.15) is 0 Å². The molecule has 0 radical (unpaired) electrons. The van der Waals surface area contributed by atoms with Gasteiger partial charge in [-0.3, -0.25) is 9.59 Å². The van der Waals surface area contributed by atoms with Crippen LogP contribution >= 0.6 is 0 Å². The molecule has 0 bridgehead atoms. The van der Waals surface area contributed by atoms with Gasteiger partial charge < -0.3 is 19.6 Å². The number of anilines is 2. The summed E-state index contributed by atoms with van der Waals surface area (Å²) in [5, 5.41) is 9.77. The zero-order chi connectivity index (χ0) is 19.1. The van der Waals surface area contributed by atoms with Crippen LogP contribution in [0.3, 0.4) is 0 Å².